The smallest absolute Gasteiger partial charge is 0.315 e. The van der Waals surface area contributed by atoms with Gasteiger partial charge in [0.05, 0.1) is 5.56 Å². The lowest BCUT2D eigenvalue weighted by atomic mass is 10.1. The number of hydrogen-bond donors (Lipinski definition) is 2. The van der Waals surface area contributed by atoms with Gasteiger partial charge in [-0.3, -0.25) is 4.79 Å². The van der Waals surface area contributed by atoms with E-state index in [1.54, 1.807) is 11.4 Å². The van der Waals surface area contributed by atoms with Gasteiger partial charge in [0.25, 0.3) is 0 Å². The Morgan fingerprint density at radius 2 is 2.05 bits per heavy atom. The molecule has 1 aromatic heterocycles. The number of hydrogen-bond acceptors (Lipinski definition) is 3. The van der Waals surface area contributed by atoms with Crippen LogP contribution >= 0.6 is 11.3 Å². The predicted octanol–water partition coefficient (Wildman–Crippen LogP) is 2.75. The van der Waals surface area contributed by atoms with Gasteiger partial charge >= 0.3 is 11.0 Å². The third kappa shape index (κ3) is 3.93. The summed E-state index contributed by atoms with van der Waals surface area (Å²) in [5.74, 6) is 0. The molecule has 0 bridgehead atoms. The summed E-state index contributed by atoms with van der Waals surface area (Å²) in [5, 5.41) is 4.66. The molecule has 19 heavy (non-hydrogen) atoms. The topological polar surface area (TPSA) is 44.9 Å². The van der Waals surface area contributed by atoms with E-state index in [4.69, 9.17) is 0 Å². The van der Waals surface area contributed by atoms with Crippen molar-refractivity contribution in [2.45, 2.75) is 19.3 Å². The summed E-state index contributed by atoms with van der Waals surface area (Å²) in [6.45, 7) is 0.719. The van der Waals surface area contributed by atoms with E-state index in [0.29, 0.717) is 18.7 Å². The second-order valence-corrected chi connectivity index (χ2v) is 4.82. The highest BCUT2D eigenvalue weighted by molar-refractivity contribution is 7.07. The minimum atomic E-state index is -4.32. The number of rotatable bonds is 4. The number of alkyl halides is 3. The Kier molecular flexibility index (Phi) is 4.06. The van der Waals surface area contributed by atoms with Gasteiger partial charge in [0, 0.05) is 24.2 Å². The molecule has 0 radical (unpaired) electrons. The van der Waals surface area contributed by atoms with E-state index >= 15 is 0 Å². The van der Waals surface area contributed by atoms with Gasteiger partial charge in [-0.15, -0.1) is 0 Å². The van der Waals surface area contributed by atoms with Crippen molar-refractivity contribution in [3.8, 4) is 0 Å². The molecular weight excluding hydrogens is 277 g/mol. The fraction of sp³-hybridized carbons (Fsp3) is 0.250. The number of nitrogens with one attached hydrogen (secondary N) is 2. The molecule has 0 atom stereocenters. The van der Waals surface area contributed by atoms with Crippen LogP contribution in [0.3, 0.4) is 0 Å². The van der Waals surface area contributed by atoms with Crippen molar-refractivity contribution in [2.75, 3.05) is 0 Å². The van der Waals surface area contributed by atoms with E-state index < -0.39 is 11.7 Å². The minimum absolute atomic E-state index is 0.143. The first-order valence-corrected chi connectivity index (χ1v) is 6.36. The Morgan fingerprint density at radius 1 is 1.26 bits per heavy atom. The number of halogens is 3. The highest BCUT2D eigenvalue weighted by Crippen LogP contribution is 2.29. The van der Waals surface area contributed by atoms with Crippen LogP contribution in [-0.4, -0.2) is 4.98 Å². The van der Waals surface area contributed by atoms with Crippen LogP contribution in [-0.2, 0) is 19.3 Å². The molecule has 0 saturated heterocycles. The highest BCUT2D eigenvalue weighted by atomic mass is 32.1. The van der Waals surface area contributed by atoms with Gasteiger partial charge in [-0.1, -0.05) is 29.5 Å². The highest BCUT2D eigenvalue weighted by Gasteiger charge is 2.30. The summed E-state index contributed by atoms with van der Waals surface area (Å²) in [6.07, 6.45) is -4.32. The standard InChI is InChI=1S/C12H11F3N2OS/c13-12(14,15)9-3-1-2-8(4-9)5-16-6-10-7-19-11(18)17-10/h1-4,7,16H,5-6H2,(H,17,18). The molecule has 0 spiro atoms. The van der Waals surface area contributed by atoms with Gasteiger partial charge in [0.2, 0.25) is 0 Å². The van der Waals surface area contributed by atoms with Gasteiger partial charge < -0.3 is 10.3 Å². The summed E-state index contributed by atoms with van der Waals surface area (Å²) in [5.41, 5.74) is 0.616. The molecule has 0 fully saturated rings. The average molecular weight is 288 g/mol. The second-order valence-electron chi connectivity index (χ2n) is 3.98. The second kappa shape index (κ2) is 5.58. The average Bonchev–Trinajstić information content (AvgIpc) is 2.74. The number of thiazole rings is 1. The fourth-order valence-corrected chi connectivity index (χ4v) is 2.18. The molecule has 7 heteroatoms. The van der Waals surface area contributed by atoms with Crippen LogP contribution in [0.15, 0.2) is 34.4 Å². The van der Waals surface area contributed by atoms with Crippen LogP contribution in [0.25, 0.3) is 0 Å². The largest absolute Gasteiger partial charge is 0.416 e. The molecule has 0 aliphatic heterocycles. The molecule has 0 aliphatic rings. The SMILES string of the molecule is O=c1[nH]c(CNCc2cccc(C(F)(F)F)c2)cs1. The fourth-order valence-electron chi connectivity index (χ4n) is 1.60. The maximum Gasteiger partial charge on any atom is 0.416 e. The molecule has 1 aromatic carbocycles. The van der Waals surface area contributed by atoms with E-state index in [-0.39, 0.29) is 4.87 Å². The number of benzene rings is 1. The Morgan fingerprint density at radius 3 is 2.68 bits per heavy atom. The Labute approximate surface area is 111 Å². The van der Waals surface area contributed by atoms with E-state index in [1.807, 2.05) is 0 Å². The van der Waals surface area contributed by atoms with Crippen LogP contribution < -0.4 is 10.2 Å². The molecule has 0 saturated carbocycles. The molecule has 1 heterocycles. The first-order valence-electron chi connectivity index (χ1n) is 5.49. The van der Waals surface area contributed by atoms with Crippen molar-refractivity contribution >= 4 is 11.3 Å². The van der Waals surface area contributed by atoms with Crippen molar-refractivity contribution in [1.82, 2.24) is 10.3 Å². The minimum Gasteiger partial charge on any atom is -0.315 e. The van der Waals surface area contributed by atoms with Crippen molar-refractivity contribution < 1.29 is 13.2 Å². The Bertz CT molecular complexity index is 603. The maximum absolute atomic E-state index is 12.5. The number of H-pyrrole nitrogens is 1. The van der Waals surface area contributed by atoms with Gasteiger partial charge in [-0.2, -0.15) is 13.2 Å². The number of aromatic amines is 1. The summed E-state index contributed by atoms with van der Waals surface area (Å²) in [6, 6.07) is 5.16. The normalized spacial score (nSPS) is 11.7. The van der Waals surface area contributed by atoms with E-state index in [1.165, 1.54) is 6.07 Å². The summed E-state index contributed by atoms with van der Waals surface area (Å²) < 4.78 is 37.5. The van der Waals surface area contributed by atoms with Crippen molar-refractivity contribution in [2.24, 2.45) is 0 Å². The molecule has 0 aliphatic carbocycles. The van der Waals surface area contributed by atoms with Gasteiger partial charge in [-0.05, 0) is 11.6 Å². The Hall–Kier alpha value is -1.60. The zero-order valence-electron chi connectivity index (χ0n) is 9.75. The van der Waals surface area contributed by atoms with Gasteiger partial charge in [0.15, 0.2) is 0 Å². The lowest BCUT2D eigenvalue weighted by molar-refractivity contribution is -0.137. The Balaban J connectivity index is 1.94. The van der Waals surface area contributed by atoms with Crippen LogP contribution in [0, 0.1) is 0 Å². The van der Waals surface area contributed by atoms with Gasteiger partial charge in [-0.25, -0.2) is 0 Å². The maximum atomic E-state index is 12.5. The summed E-state index contributed by atoms with van der Waals surface area (Å²) in [4.78, 5) is 13.4. The zero-order valence-corrected chi connectivity index (χ0v) is 10.6. The molecule has 0 unspecified atom stereocenters. The first kappa shape index (κ1) is 13.8. The third-order valence-corrected chi connectivity index (χ3v) is 3.19. The number of aromatic nitrogens is 1. The predicted molar refractivity (Wildman–Crippen MR) is 66.9 cm³/mol. The molecule has 102 valence electrons. The lowest BCUT2D eigenvalue weighted by Gasteiger charge is -2.09. The summed E-state index contributed by atoms with van der Waals surface area (Å²) in [7, 11) is 0. The van der Waals surface area contributed by atoms with E-state index in [2.05, 4.69) is 10.3 Å². The quantitative estimate of drug-likeness (QED) is 0.908. The van der Waals surface area contributed by atoms with Crippen molar-refractivity contribution in [3.63, 3.8) is 0 Å². The van der Waals surface area contributed by atoms with Gasteiger partial charge in [0.1, 0.15) is 0 Å². The first-order chi connectivity index (χ1) is 8.95. The third-order valence-electron chi connectivity index (χ3n) is 2.47. The molecule has 2 N–H and O–H groups in total. The van der Waals surface area contributed by atoms with Crippen LogP contribution in [0.4, 0.5) is 13.2 Å². The molecule has 3 nitrogen and oxygen atoms in total. The van der Waals surface area contributed by atoms with Crippen molar-refractivity contribution in [3.05, 3.63) is 56.1 Å². The zero-order chi connectivity index (χ0) is 13.9. The lowest BCUT2D eigenvalue weighted by Crippen LogP contribution is -2.14. The van der Waals surface area contributed by atoms with Crippen LogP contribution in [0.5, 0.6) is 0 Å². The van der Waals surface area contributed by atoms with Crippen molar-refractivity contribution in [1.29, 1.82) is 0 Å². The monoisotopic (exact) mass is 288 g/mol. The molecule has 0 amide bonds. The van der Waals surface area contributed by atoms with Crippen LogP contribution in [0.1, 0.15) is 16.8 Å². The molecule has 2 rings (SSSR count). The summed E-state index contributed by atoms with van der Waals surface area (Å²) >= 11 is 1.06. The van der Waals surface area contributed by atoms with E-state index in [0.717, 1.165) is 29.2 Å². The van der Waals surface area contributed by atoms with Crippen LogP contribution in [0.2, 0.25) is 0 Å². The van der Waals surface area contributed by atoms with E-state index in [9.17, 15) is 18.0 Å². The molecular formula is C12H11F3N2OS. The molecule has 2 aromatic rings.